The summed E-state index contributed by atoms with van der Waals surface area (Å²) in [5.41, 5.74) is 1.25. The Morgan fingerprint density at radius 2 is 1.93 bits per heavy atom. The standard InChI is InChI=1S/C12H18N2O/c1-10(9-13-12(15)14(2)3)11-7-5-4-6-8-11/h4-8,10H,9H2,1-3H3,(H,13,15). The molecule has 0 aliphatic carbocycles. The Labute approximate surface area is 91.1 Å². The number of carbonyl (C=O) groups excluding carboxylic acids is 1. The molecule has 0 aliphatic rings. The summed E-state index contributed by atoms with van der Waals surface area (Å²) in [4.78, 5) is 12.8. The molecule has 1 aromatic rings. The lowest BCUT2D eigenvalue weighted by Crippen LogP contribution is -2.36. The summed E-state index contributed by atoms with van der Waals surface area (Å²) in [5, 5.41) is 2.87. The summed E-state index contributed by atoms with van der Waals surface area (Å²) in [5.74, 6) is 0.343. The van der Waals surface area contributed by atoms with Gasteiger partial charge in [0.1, 0.15) is 0 Å². The lowest BCUT2D eigenvalue weighted by molar-refractivity contribution is 0.217. The number of nitrogens with one attached hydrogen (secondary N) is 1. The molecular formula is C12H18N2O. The van der Waals surface area contributed by atoms with Crippen molar-refractivity contribution < 1.29 is 4.79 Å². The number of amides is 2. The van der Waals surface area contributed by atoms with Crippen LogP contribution in [0.25, 0.3) is 0 Å². The second-order valence-corrected chi connectivity index (χ2v) is 3.89. The minimum Gasteiger partial charge on any atom is -0.337 e. The first-order valence-corrected chi connectivity index (χ1v) is 5.11. The summed E-state index contributed by atoms with van der Waals surface area (Å²) >= 11 is 0. The van der Waals surface area contributed by atoms with E-state index in [0.29, 0.717) is 12.5 Å². The molecule has 15 heavy (non-hydrogen) atoms. The molecular weight excluding hydrogens is 188 g/mol. The van der Waals surface area contributed by atoms with Gasteiger partial charge < -0.3 is 10.2 Å². The Hall–Kier alpha value is -1.51. The Bertz CT molecular complexity index is 309. The molecule has 82 valence electrons. The summed E-state index contributed by atoms with van der Waals surface area (Å²) in [6, 6.07) is 10.1. The molecule has 1 rings (SSSR count). The van der Waals surface area contributed by atoms with Gasteiger partial charge in [0.15, 0.2) is 0 Å². The summed E-state index contributed by atoms with van der Waals surface area (Å²) in [6.45, 7) is 2.77. The van der Waals surface area contributed by atoms with Crippen molar-refractivity contribution in [2.45, 2.75) is 12.8 Å². The molecule has 1 atom stereocenters. The van der Waals surface area contributed by atoms with Gasteiger partial charge in [0.25, 0.3) is 0 Å². The predicted octanol–water partition coefficient (Wildman–Crippen LogP) is 2.06. The number of rotatable bonds is 3. The highest BCUT2D eigenvalue weighted by Gasteiger charge is 2.07. The van der Waals surface area contributed by atoms with Gasteiger partial charge in [0.2, 0.25) is 0 Å². The van der Waals surface area contributed by atoms with Gasteiger partial charge in [-0.3, -0.25) is 0 Å². The lowest BCUT2D eigenvalue weighted by atomic mass is 10.0. The smallest absolute Gasteiger partial charge is 0.316 e. The maximum atomic E-state index is 11.3. The van der Waals surface area contributed by atoms with Gasteiger partial charge in [-0.15, -0.1) is 0 Å². The maximum absolute atomic E-state index is 11.3. The highest BCUT2D eigenvalue weighted by Crippen LogP contribution is 2.12. The van der Waals surface area contributed by atoms with E-state index >= 15 is 0 Å². The molecule has 0 saturated carbocycles. The number of benzene rings is 1. The molecule has 0 saturated heterocycles. The van der Waals surface area contributed by atoms with Crippen molar-refractivity contribution in [2.24, 2.45) is 0 Å². The maximum Gasteiger partial charge on any atom is 0.316 e. The number of nitrogens with zero attached hydrogens (tertiary/aromatic N) is 1. The normalized spacial score (nSPS) is 11.9. The van der Waals surface area contributed by atoms with Crippen molar-refractivity contribution in [3.63, 3.8) is 0 Å². The van der Waals surface area contributed by atoms with Gasteiger partial charge in [-0.1, -0.05) is 37.3 Å². The topological polar surface area (TPSA) is 32.3 Å². The molecule has 0 heterocycles. The molecule has 2 amide bonds. The zero-order valence-electron chi connectivity index (χ0n) is 9.53. The molecule has 1 N–H and O–H groups in total. The van der Waals surface area contributed by atoms with Crippen molar-refractivity contribution in [1.29, 1.82) is 0 Å². The molecule has 3 heteroatoms. The van der Waals surface area contributed by atoms with Crippen molar-refractivity contribution in [1.82, 2.24) is 10.2 Å². The van der Waals surface area contributed by atoms with Crippen molar-refractivity contribution in [3.05, 3.63) is 35.9 Å². The molecule has 0 bridgehead atoms. The van der Waals surface area contributed by atoms with E-state index in [0.717, 1.165) is 0 Å². The van der Waals surface area contributed by atoms with E-state index in [1.807, 2.05) is 18.2 Å². The molecule has 0 aliphatic heterocycles. The van der Waals surface area contributed by atoms with Crippen LogP contribution >= 0.6 is 0 Å². The Morgan fingerprint density at radius 3 is 2.47 bits per heavy atom. The lowest BCUT2D eigenvalue weighted by Gasteiger charge is -2.16. The summed E-state index contributed by atoms with van der Waals surface area (Å²) in [7, 11) is 3.48. The van der Waals surface area contributed by atoms with Crippen molar-refractivity contribution in [2.75, 3.05) is 20.6 Å². The molecule has 0 spiro atoms. The molecule has 1 aromatic carbocycles. The average Bonchev–Trinajstić information content (AvgIpc) is 2.26. The molecule has 0 fully saturated rings. The van der Waals surface area contributed by atoms with Crippen molar-refractivity contribution in [3.8, 4) is 0 Å². The summed E-state index contributed by atoms with van der Waals surface area (Å²) in [6.07, 6.45) is 0. The van der Waals surface area contributed by atoms with Crippen LogP contribution in [0.15, 0.2) is 30.3 Å². The predicted molar refractivity (Wildman–Crippen MR) is 61.9 cm³/mol. The van der Waals surface area contributed by atoms with E-state index in [1.165, 1.54) is 10.5 Å². The molecule has 0 aromatic heterocycles. The van der Waals surface area contributed by atoms with Crippen LogP contribution in [0, 0.1) is 0 Å². The molecule has 1 unspecified atom stereocenters. The van der Waals surface area contributed by atoms with Gasteiger partial charge in [-0.2, -0.15) is 0 Å². The average molecular weight is 206 g/mol. The SMILES string of the molecule is CC(CNC(=O)N(C)C)c1ccccc1. The Kier molecular flexibility index (Phi) is 4.16. The Balaban J connectivity index is 2.44. The van der Waals surface area contributed by atoms with Gasteiger partial charge in [-0.05, 0) is 11.5 Å². The minimum atomic E-state index is -0.0437. The first-order valence-electron chi connectivity index (χ1n) is 5.11. The fourth-order valence-electron chi connectivity index (χ4n) is 1.30. The van der Waals surface area contributed by atoms with Crippen LogP contribution in [0.2, 0.25) is 0 Å². The van der Waals surface area contributed by atoms with E-state index < -0.39 is 0 Å². The number of carbonyl (C=O) groups is 1. The van der Waals surface area contributed by atoms with Gasteiger partial charge >= 0.3 is 6.03 Å². The highest BCUT2D eigenvalue weighted by molar-refractivity contribution is 5.73. The second-order valence-electron chi connectivity index (χ2n) is 3.89. The third-order valence-electron chi connectivity index (χ3n) is 2.33. The quantitative estimate of drug-likeness (QED) is 0.806. The van der Waals surface area contributed by atoms with E-state index in [-0.39, 0.29) is 6.03 Å². The molecule has 0 radical (unpaired) electrons. The first-order chi connectivity index (χ1) is 7.11. The van der Waals surface area contributed by atoms with Gasteiger partial charge in [-0.25, -0.2) is 4.79 Å². The van der Waals surface area contributed by atoms with E-state index in [2.05, 4.69) is 24.4 Å². The van der Waals surface area contributed by atoms with Crippen LogP contribution < -0.4 is 5.32 Å². The van der Waals surface area contributed by atoms with Crippen LogP contribution in [-0.2, 0) is 0 Å². The third-order valence-corrected chi connectivity index (χ3v) is 2.33. The zero-order chi connectivity index (χ0) is 11.3. The fraction of sp³-hybridized carbons (Fsp3) is 0.417. The number of hydrogen-bond donors (Lipinski definition) is 1. The number of urea groups is 1. The van der Waals surface area contributed by atoms with E-state index in [1.54, 1.807) is 14.1 Å². The first kappa shape index (κ1) is 11.6. The van der Waals surface area contributed by atoms with Crippen LogP contribution in [0.4, 0.5) is 4.79 Å². The van der Waals surface area contributed by atoms with Crippen molar-refractivity contribution >= 4 is 6.03 Å². The second kappa shape index (κ2) is 5.39. The Morgan fingerprint density at radius 1 is 1.33 bits per heavy atom. The third kappa shape index (κ3) is 3.62. The largest absolute Gasteiger partial charge is 0.337 e. The molecule has 3 nitrogen and oxygen atoms in total. The highest BCUT2D eigenvalue weighted by atomic mass is 16.2. The monoisotopic (exact) mass is 206 g/mol. The zero-order valence-corrected chi connectivity index (χ0v) is 9.53. The van der Waals surface area contributed by atoms with Crippen LogP contribution in [0.5, 0.6) is 0 Å². The van der Waals surface area contributed by atoms with Crippen LogP contribution in [-0.4, -0.2) is 31.6 Å². The minimum absolute atomic E-state index is 0.0437. The van der Waals surface area contributed by atoms with Gasteiger partial charge in [0, 0.05) is 20.6 Å². The number of hydrogen-bond acceptors (Lipinski definition) is 1. The van der Waals surface area contributed by atoms with E-state index in [4.69, 9.17) is 0 Å². The van der Waals surface area contributed by atoms with Gasteiger partial charge in [0.05, 0.1) is 0 Å². The summed E-state index contributed by atoms with van der Waals surface area (Å²) < 4.78 is 0. The van der Waals surface area contributed by atoms with E-state index in [9.17, 15) is 4.79 Å². The van der Waals surface area contributed by atoms with Crippen LogP contribution in [0.1, 0.15) is 18.4 Å². The fourth-order valence-corrected chi connectivity index (χ4v) is 1.30. The van der Waals surface area contributed by atoms with Crippen LogP contribution in [0.3, 0.4) is 0 Å².